The lowest BCUT2D eigenvalue weighted by Gasteiger charge is -2.27. The van der Waals surface area contributed by atoms with Crippen LogP contribution in [0.25, 0.3) is 0 Å². The van der Waals surface area contributed by atoms with E-state index in [1.165, 1.54) is 17.8 Å². The van der Waals surface area contributed by atoms with E-state index in [-0.39, 0.29) is 36.0 Å². The molecule has 6 heteroatoms. The lowest BCUT2D eigenvalue weighted by Crippen LogP contribution is -2.36. The Morgan fingerprint density at radius 3 is 2.77 bits per heavy atom. The summed E-state index contributed by atoms with van der Waals surface area (Å²) in [6.45, 7) is 0.381. The van der Waals surface area contributed by atoms with Crippen molar-refractivity contribution in [3.8, 4) is 0 Å². The summed E-state index contributed by atoms with van der Waals surface area (Å²) < 4.78 is 14.0. The normalized spacial score (nSPS) is 22.2. The Kier molecular flexibility index (Phi) is 4.68. The van der Waals surface area contributed by atoms with E-state index in [1.807, 2.05) is 36.4 Å². The predicted octanol–water partition coefficient (Wildman–Crippen LogP) is 3.53. The number of nitrogens with zero attached hydrogens (tertiary/aromatic N) is 1. The molecular formula is C20H19FN2O2S. The highest BCUT2D eigenvalue weighted by Crippen LogP contribution is 2.38. The molecule has 1 saturated heterocycles. The minimum absolute atomic E-state index is 0.0398. The number of thioether (sulfide) groups is 1. The van der Waals surface area contributed by atoms with Gasteiger partial charge in [0, 0.05) is 29.3 Å². The molecule has 4 rings (SSSR count). The van der Waals surface area contributed by atoms with Gasteiger partial charge in [0.25, 0.3) is 0 Å². The molecule has 2 aliphatic heterocycles. The highest BCUT2D eigenvalue weighted by Gasteiger charge is 2.36. The minimum atomic E-state index is -0.380. The zero-order valence-electron chi connectivity index (χ0n) is 14.2. The van der Waals surface area contributed by atoms with Gasteiger partial charge in [-0.3, -0.25) is 9.59 Å². The van der Waals surface area contributed by atoms with Gasteiger partial charge in [0.05, 0.1) is 12.0 Å². The van der Waals surface area contributed by atoms with Crippen LogP contribution in [0.15, 0.2) is 53.4 Å². The molecule has 0 spiro atoms. The first-order valence-corrected chi connectivity index (χ1v) is 9.69. The number of anilines is 1. The topological polar surface area (TPSA) is 49.4 Å². The number of benzene rings is 2. The second-order valence-corrected chi connectivity index (χ2v) is 7.70. The van der Waals surface area contributed by atoms with Crippen molar-refractivity contribution in [2.45, 2.75) is 23.8 Å². The Morgan fingerprint density at radius 1 is 1.15 bits per heavy atom. The average molecular weight is 370 g/mol. The Balaban J connectivity index is 1.47. The number of nitrogens with one attached hydrogen (secondary N) is 1. The zero-order chi connectivity index (χ0) is 18.1. The molecule has 0 bridgehead atoms. The molecule has 2 aliphatic rings. The van der Waals surface area contributed by atoms with Gasteiger partial charge in [0.1, 0.15) is 5.82 Å². The third kappa shape index (κ3) is 3.21. The van der Waals surface area contributed by atoms with Gasteiger partial charge in [-0.25, -0.2) is 4.39 Å². The zero-order valence-corrected chi connectivity index (χ0v) is 15.0. The van der Waals surface area contributed by atoms with E-state index in [2.05, 4.69) is 5.32 Å². The summed E-state index contributed by atoms with van der Waals surface area (Å²) in [6, 6.07) is 14.2. The summed E-state index contributed by atoms with van der Waals surface area (Å²) in [5.41, 5.74) is 1.65. The molecule has 0 aliphatic carbocycles. The third-order valence-corrected chi connectivity index (χ3v) is 6.07. The highest BCUT2D eigenvalue weighted by atomic mass is 32.2. The number of carbonyl (C=O) groups is 2. The number of fused-ring (bicyclic) bond motifs is 1. The number of halogens is 1. The fourth-order valence-electron chi connectivity index (χ4n) is 3.57. The van der Waals surface area contributed by atoms with Gasteiger partial charge in [0.15, 0.2) is 0 Å². The van der Waals surface area contributed by atoms with Gasteiger partial charge >= 0.3 is 0 Å². The van der Waals surface area contributed by atoms with Crippen molar-refractivity contribution in [2.75, 3.05) is 17.2 Å². The van der Waals surface area contributed by atoms with Crippen molar-refractivity contribution in [1.82, 2.24) is 5.32 Å². The van der Waals surface area contributed by atoms with Crippen LogP contribution in [0.2, 0.25) is 0 Å². The van der Waals surface area contributed by atoms with Gasteiger partial charge in [-0.2, -0.15) is 0 Å². The van der Waals surface area contributed by atoms with Crippen molar-refractivity contribution in [3.05, 3.63) is 59.9 Å². The van der Waals surface area contributed by atoms with E-state index in [0.29, 0.717) is 11.4 Å². The van der Waals surface area contributed by atoms with Crippen molar-refractivity contribution < 1.29 is 14.0 Å². The van der Waals surface area contributed by atoms with Gasteiger partial charge in [0.2, 0.25) is 11.8 Å². The van der Waals surface area contributed by atoms with Crippen molar-refractivity contribution in [1.29, 1.82) is 0 Å². The maximum atomic E-state index is 14.0. The second-order valence-electron chi connectivity index (χ2n) is 6.60. The maximum absolute atomic E-state index is 14.0. The molecule has 2 atom stereocenters. The standard InChI is InChI=1S/C20H19FN2O2S/c21-16-8-4-7-15-17(9-10-26-19(15)16)22-20(25)13-11-18(24)23(12-13)14-5-2-1-3-6-14/h1-8,13,17H,9-12H2,(H,22,25). The maximum Gasteiger partial charge on any atom is 0.227 e. The first-order chi connectivity index (χ1) is 12.6. The largest absolute Gasteiger partial charge is 0.349 e. The average Bonchev–Trinajstić information content (AvgIpc) is 3.05. The number of rotatable bonds is 3. The summed E-state index contributed by atoms with van der Waals surface area (Å²) >= 11 is 1.49. The van der Waals surface area contributed by atoms with E-state index in [9.17, 15) is 14.0 Å². The van der Waals surface area contributed by atoms with E-state index >= 15 is 0 Å². The molecule has 1 fully saturated rings. The van der Waals surface area contributed by atoms with Gasteiger partial charge in [-0.15, -0.1) is 11.8 Å². The highest BCUT2D eigenvalue weighted by molar-refractivity contribution is 7.99. The monoisotopic (exact) mass is 370 g/mol. The minimum Gasteiger partial charge on any atom is -0.349 e. The third-order valence-electron chi connectivity index (χ3n) is 4.91. The number of carbonyl (C=O) groups excluding carboxylic acids is 2. The van der Waals surface area contributed by atoms with E-state index in [4.69, 9.17) is 0 Å². The molecule has 0 saturated carbocycles. The van der Waals surface area contributed by atoms with Gasteiger partial charge < -0.3 is 10.2 Å². The number of hydrogen-bond donors (Lipinski definition) is 1. The van der Waals surface area contributed by atoms with Crippen LogP contribution in [-0.4, -0.2) is 24.1 Å². The van der Waals surface area contributed by atoms with E-state index < -0.39 is 0 Å². The molecule has 2 amide bonds. The Labute approximate surface area is 155 Å². The molecule has 4 nitrogen and oxygen atoms in total. The van der Waals surface area contributed by atoms with Gasteiger partial charge in [-0.05, 0) is 30.2 Å². The molecular weight excluding hydrogens is 351 g/mol. The quantitative estimate of drug-likeness (QED) is 0.899. The van der Waals surface area contributed by atoms with Crippen LogP contribution >= 0.6 is 11.8 Å². The number of amides is 2. The molecule has 26 heavy (non-hydrogen) atoms. The predicted molar refractivity (Wildman–Crippen MR) is 99.5 cm³/mol. The van der Waals surface area contributed by atoms with Crippen LogP contribution in [0.5, 0.6) is 0 Å². The smallest absolute Gasteiger partial charge is 0.227 e. The molecule has 0 aromatic heterocycles. The lowest BCUT2D eigenvalue weighted by molar-refractivity contribution is -0.127. The Hall–Kier alpha value is -2.34. The molecule has 2 aromatic rings. The molecule has 2 heterocycles. The fourth-order valence-corrected chi connectivity index (χ4v) is 4.71. The lowest BCUT2D eigenvalue weighted by atomic mass is 10.0. The SMILES string of the molecule is O=C(NC1CCSc2c(F)cccc21)C1CC(=O)N(c2ccccc2)C1. The molecule has 1 N–H and O–H groups in total. The summed E-state index contributed by atoms with van der Waals surface area (Å²) in [7, 11) is 0. The van der Waals surface area contributed by atoms with Crippen molar-refractivity contribution in [3.63, 3.8) is 0 Å². The summed E-state index contributed by atoms with van der Waals surface area (Å²) in [4.78, 5) is 27.3. The summed E-state index contributed by atoms with van der Waals surface area (Å²) in [5.74, 6) is -0.0311. The second kappa shape index (κ2) is 7.11. The van der Waals surface area contributed by atoms with Gasteiger partial charge in [-0.1, -0.05) is 30.3 Å². The fraction of sp³-hybridized carbons (Fsp3) is 0.300. The van der Waals surface area contributed by atoms with Crippen LogP contribution < -0.4 is 10.2 Å². The van der Waals surface area contributed by atoms with Crippen LogP contribution in [0.4, 0.5) is 10.1 Å². The summed E-state index contributed by atoms with van der Waals surface area (Å²) in [6.07, 6.45) is 0.966. The van der Waals surface area contributed by atoms with Crippen LogP contribution in [0.1, 0.15) is 24.4 Å². The summed E-state index contributed by atoms with van der Waals surface area (Å²) in [5, 5.41) is 3.04. The van der Waals surface area contributed by atoms with Crippen LogP contribution in [-0.2, 0) is 9.59 Å². The van der Waals surface area contributed by atoms with E-state index in [0.717, 1.165) is 23.4 Å². The van der Waals surface area contributed by atoms with Crippen molar-refractivity contribution >= 4 is 29.3 Å². The molecule has 134 valence electrons. The van der Waals surface area contributed by atoms with Crippen LogP contribution in [0.3, 0.4) is 0 Å². The molecule has 0 radical (unpaired) electrons. The first-order valence-electron chi connectivity index (χ1n) is 8.70. The number of hydrogen-bond acceptors (Lipinski definition) is 3. The Morgan fingerprint density at radius 2 is 1.96 bits per heavy atom. The first kappa shape index (κ1) is 17.1. The Bertz CT molecular complexity index is 843. The van der Waals surface area contributed by atoms with E-state index in [1.54, 1.807) is 11.0 Å². The molecule has 2 aromatic carbocycles. The van der Waals surface area contributed by atoms with Crippen LogP contribution in [0, 0.1) is 11.7 Å². The molecule has 2 unspecified atom stereocenters. The van der Waals surface area contributed by atoms with Crippen molar-refractivity contribution in [2.24, 2.45) is 5.92 Å². The number of para-hydroxylation sites is 1.